The third-order valence-corrected chi connectivity index (χ3v) is 4.20. The molecule has 1 aromatic carbocycles. The first-order valence-electron chi connectivity index (χ1n) is 9.86. The lowest BCUT2D eigenvalue weighted by molar-refractivity contribution is 0.145. The summed E-state index contributed by atoms with van der Waals surface area (Å²) in [5.74, 6) is 2.63. The van der Waals surface area contributed by atoms with Crippen LogP contribution in [0.25, 0.3) is 0 Å². The normalized spacial score (nSPS) is 11.1. The van der Waals surface area contributed by atoms with E-state index in [4.69, 9.17) is 14.5 Å². The van der Waals surface area contributed by atoms with Crippen molar-refractivity contribution in [1.82, 2.24) is 25.4 Å². The van der Waals surface area contributed by atoms with Crippen molar-refractivity contribution in [1.29, 1.82) is 0 Å². The van der Waals surface area contributed by atoms with Gasteiger partial charge in [0.2, 0.25) is 0 Å². The van der Waals surface area contributed by atoms with Gasteiger partial charge in [-0.3, -0.25) is 0 Å². The number of aromatic nitrogens is 3. The van der Waals surface area contributed by atoms with E-state index in [0.29, 0.717) is 6.54 Å². The van der Waals surface area contributed by atoms with Gasteiger partial charge in [0.25, 0.3) is 0 Å². The molecule has 0 amide bonds. The minimum atomic E-state index is 0. The van der Waals surface area contributed by atoms with Gasteiger partial charge in [-0.15, -0.1) is 34.2 Å². The van der Waals surface area contributed by atoms with Crippen LogP contribution in [-0.4, -0.2) is 54.1 Å². The molecular weight excluding hydrogens is 483 g/mol. The predicted molar refractivity (Wildman–Crippen MR) is 126 cm³/mol. The number of guanidine groups is 1. The Morgan fingerprint density at radius 1 is 1.14 bits per heavy atom. The second-order valence-corrected chi connectivity index (χ2v) is 6.21. The predicted octanol–water partition coefficient (Wildman–Crippen LogP) is 2.63. The lowest BCUT2D eigenvalue weighted by atomic mass is 10.2. The Morgan fingerprint density at radius 3 is 2.59 bits per heavy atom. The Balaban J connectivity index is 0.00000420. The number of nitrogens with zero attached hydrogens (tertiary/aromatic N) is 4. The molecule has 0 fully saturated rings. The standard InChI is InChI=1S/C20H32N6O2.HI/c1-4-19-25-24-16-26(19)13-12-22-20(21-11-6-14-28-5-2)23-15-17-7-9-18(27-3)10-8-17;/h7-10,16H,4-6,11-15H2,1-3H3,(H2,21,22,23);1H. The molecule has 9 heteroatoms. The molecule has 0 bridgehead atoms. The molecule has 0 spiro atoms. The maximum atomic E-state index is 5.39. The fraction of sp³-hybridized carbons (Fsp3) is 0.550. The molecule has 8 nitrogen and oxygen atoms in total. The molecule has 0 atom stereocenters. The number of methoxy groups -OCH3 is 1. The number of aryl methyl sites for hydroxylation is 1. The maximum absolute atomic E-state index is 5.39. The number of hydrogen-bond donors (Lipinski definition) is 2. The maximum Gasteiger partial charge on any atom is 0.191 e. The number of ether oxygens (including phenoxy) is 2. The number of benzene rings is 1. The monoisotopic (exact) mass is 516 g/mol. The summed E-state index contributed by atoms with van der Waals surface area (Å²) in [5, 5.41) is 14.9. The number of rotatable bonds is 12. The van der Waals surface area contributed by atoms with Gasteiger partial charge < -0.3 is 24.7 Å². The number of nitrogens with one attached hydrogen (secondary N) is 2. The minimum absolute atomic E-state index is 0. The van der Waals surface area contributed by atoms with Crippen LogP contribution in [0, 0.1) is 0 Å². The van der Waals surface area contributed by atoms with E-state index in [0.717, 1.165) is 68.8 Å². The molecule has 0 radical (unpaired) electrons. The molecule has 1 heterocycles. The van der Waals surface area contributed by atoms with Gasteiger partial charge >= 0.3 is 0 Å². The van der Waals surface area contributed by atoms with E-state index in [1.165, 1.54) is 0 Å². The molecule has 0 unspecified atom stereocenters. The summed E-state index contributed by atoms with van der Waals surface area (Å²) in [5.41, 5.74) is 1.13. The Labute approximate surface area is 190 Å². The first kappa shape index (κ1) is 25.2. The fourth-order valence-electron chi connectivity index (χ4n) is 2.64. The zero-order chi connectivity index (χ0) is 20.0. The molecule has 0 aliphatic rings. The average molecular weight is 516 g/mol. The first-order chi connectivity index (χ1) is 13.8. The van der Waals surface area contributed by atoms with Crippen LogP contribution in [0.5, 0.6) is 5.75 Å². The van der Waals surface area contributed by atoms with Gasteiger partial charge in [-0.25, -0.2) is 4.99 Å². The molecule has 29 heavy (non-hydrogen) atoms. The molecule has 0 saturated heterocycles. The van der Waals surface area contributed by atoms with E-state index in [1.54, 1.807) is 13.4 Å². The van der Waals surface area contributed by atoms with Crippen LogP contribution in [0.4, 0.5) is 0 Å². The van der Waals surface area contributed by atoms with Crippen LogP contribution in [0.3, 0.4) is 0 Å². The highest BCUT2D eigenvalue weighted by atomic mass is 127. The first-order valence-corrected chi connectivity index (χ1v) is 9.86. The van der Waals surface area contributed by atoms with Gasteiger partial charge in [0.1, 0.15) is 17.9 Å². The van der Waals surface area contributed by atoms with Gasteiger partial charge in [-0.2, -0.15) is 0 Å². The molecule has 162 valence electrons. The highest BCUT2D eigenvalue weighted by Crippen LogP contribution is 2.11. The molecule has 2 N–H and O–H groups in total. The molecule has 0 saturated carbocycles. The van der Waals surface area contributed by atoms with Crippen molar-refractivity contribution in [3.8, 4) is 5.75 Å². The van der Waals surface area contributed by atoms with Gasteiger partial charge in [0.05, 0.1) is 13.7 Å². The second kappa shape index (κ2) is 15.0. The van der Waals surface area contributed by atoms with Gasteiger partial charge in [0.15, 0.2) is 5.96 Å². The average Bonchev–Trinajstić information content (AvgIpc) is 3.19. The van der Waals surface area contributed by atoms with Crippen LogP contribution >= 0.6 is 24.0 Å². The van der Waals surface area contributed by atoms with Crippen molar-refractivity contribution in [3.63, 3.8) is 0 Å². The topological polar surface area (TPSA) is 85.6 Å². The van der Waals surface area contributed by atoms with Gasteiger partial charge in [-0.05, 0) is 31.0 Å². The van der Waals surface area contributed by atoms with Crippen molar-refractivity contribution in [2.24, 2.45) is 4.99 Å². The molecule has 1 aromatic heterocycles. The third-order valence-electron chi connectivity index (χ3n) is 4.20. The SMILES string of the molecule is CCOCCCNC(=NCc1ccc(OC)cc1)NCCn1cnnc1CC.I. The van der Waals surface area contributed by atoms with E-state index in [9.17, 15) is 0 Å². The van der Waals surface area contributed by atoms with Crippen molar-refractivity contribution >= 4 is 29.9 Å². The van der Waals surface area contributed by atoms with Crippen LogP contribution in [-0.2, 0) is 24.2 Å². The highest BCUT2D eigenvalue weighted by molar-refractivity contribution is 14.0. The number of halogens is 1. The summed E-state index contributed by atoms with van der Waals surface area (Å²) in [4.78, 5) is 4.70. The third kappa shape index (κ3) is 9.44. The Kier molecular flexibility index (Phi) is 13.0. The van der Waals surface area contributed by atoms with Crippen molar-refractivity contribution < 1.29 is 9.47 Å². The van der Waals surface area contributed by atoms with Crippen LogP contribution in [0.15, 0.2) is 35.6 Å². The van der Waals surface area contributed by atoms with Crippen molar-refractivity contribution in [3.05, 3.63) is 42.0 Å². The van der Waals surface area contributed by atoms with E-state index in [-0.39, 0.29) is 24.0 Å². The van der Waals surface area contributed by atoms with Crippen molar-refractivity contribution in [2.75, 3.05) is 33.4 Å². The number of hydrogen-bond acceptors (Lipinski definition) is 5. The van der Waals surface area contributed by atoms with E-state index < -0.39 is 0 Å². The van der Waals surface area contributed by atoms with Crippen LogP contribution in [0.2, 0.25) is 0 Å². The quantitative estimate of drug-likeness (QED) is 0.195. The van der Waals surface area contributed by atoms with E-state index in [1.807, 2.05) is 31.2 Å². The molecule has 2 rings (SSSR count). The number of aliphatic imine (C=N–C) groups is 1. The summed E-state index contributed by atoms with van der Waals surface area (Å²) in [6.07, 6.45) is 3.57. The molecule has 0 aliphatic heterocycles. The zero-order valence-corrected chi connectivity index (χ0v) is 19.9. The Morgan fingerprint density at radius 2 is 1.90 bits per heavy atom. The van der Waals surface area contributed by atoms with E-state index >= 15 is 0 Å². The summed E-state index contributed by atoms with van der Waals surface area (Å²) in [6, 6.07) is 7.96. The highest BCUT2D eigenvalue weighted by Gasteiger charge is 2.03. The van der Waals surface area contributed by atoms with Crippen LogP contribution < -0.4 is 15.4 Å². The minimum Gasteiger partial charge on any atom is -0.497 e. The lowest BCUT2D eigenvalue weighted by Gasteiger charge is -2.13. The van der Waals surface area contributed by atoms with E-state index in [2.05, 4.69) is 32.3 Å². The zero-order valence-electron chi connectivity index (χ0n) is 17.6. The Bertz CT molecular complexity index is 705. The van der Waals surface area contributed by atoms with Gasteiger partial charge in [0, 0.05) is 39.3 Å². The lowest BCUT2D eigenvalue weighted by Crippen LogP contribution is -2.39. The van der Waals surface area contributed by atoms with Crippen LogP contribution in [0.1, 0.15) is 31.7 Å². The summed E-state index contributed by atoms with van der Waals surface area (Å²) < 4.78 is 12.7. The summed E-state index contributed by atoms with van der Waals surface area (Å²) in [7, 11) is 1.67. The summed E-state index contributed by atoms with van der Waals surface area (Å²) >= 11 is 0. The van der Waals surface area contributed by atoms with Gasteiger partial charge in [-0.1, -0.05) is 19.1 Å². The smallest absolute Gasteiger partial charge is 0.191 e. The molecule has 2 aromatic rings. The van der Waals surface area contributed by atoms with Crippen molar-refractivity contribution in [2.45, 2.75) is 39.8 Å². The Hall–Kier alpha value is -1.88. The summed E-state index contributed by atoms with van der Waals surface area (Å²) in [6.45, 7) is 8.51. The molecule has 0 aliphatic carbocycles. The largest absolute Gasteiger partial charge is 0.497 e. The molecular formula is C20H33IN6O2. The fourth-order valence-corrected chi connectivity index (χ4v) is 2.64. The second-order valence-electron chi connectivity index (χ2n) is 6.21.